The number of methoxy groups -OCH3 is 1. The van der Waals surface area contributed by atoms with Crippen LogP contribution >= 0.6 is 0 Å². The Bertz CT molecular complexity index is 223. The molecule has 0 spiro atoms. The molecule has 0 N–H and O–H groups in total. The molecule has 0 amide bonds. The van der Waals surface area contributed by atoms with Crippen LogP contribution < -0.4 is 4.74 Å². The van der Waals surface area contributed by atoms with Crippen LogP contribution in [0.2, 0.25) is 5.71 Å². The molecule has 0 unspecified atom stereocenters. The van der Waals surface area contributed by atoms with Gasteiger partial charge in [0, 0.05) is 0 Å². The van der Waals surface area contributed by atoms with Crippen molar-refractivity contribution in [1.82, 2.24) is 0 Å². The first-order chi connectivity index (χ1) is 5.36. The van der Waals surface area contributed by atoms with Crippen LogP contribution in [0.1, 0.15) is 5.56 Å². The Morgan fingerprint density at radius 3 is 2.91 bits per heavy atom. The van der Waals surface area contributed by atoms with Crippen molar-refractivity contribution in [2.45, 2.75) is 10.9 Å². The minimum atomic E-state index is 0.478. The van der Waals surface area contributed by atoms with E-state index in [0.717, 1.165) is 5.75 Å². The molecule has 2 heteroatoms. The molecular weight excluding hydrogens is 199 g/mol. The van der Waals surface area contributed by atoms with Gasteiger partial charge in [-0.2, -0.15) is 0 Å². The molecule has 1 aromatic carbocycles. The van der Waals surface area contributed by atoms with Gasteiger partial charge in [-0.15, -0.1) is 0 Å². The second kappa shape index (κ2) is 4.46. The molecule has 59 valence electrons. The molecule has 1 rings (SSSR count). The maximum atomic E-state index is 5.11. The number of hydrogen-bond acceptors (Lipinski definition) is 1. The van der Waals surface area contributed by atoms with Crippen molar-refractivity contribution in [3.8, 4) is 5.75 Å². The van der Waals surface area contributed by atoms with E-state index in [0.29, 0.717) is 15.8 Å². The summed E-state index contributed by atoms with van der Waals surface area (Å²) < 4.78 is 5.11. The summed E-state index contributed by atoms with van der Waals surface area (Å²) in [5, 5.41) is 1.23. The summed E-state index contributed by atoms with van der Waals surface area (Å²) in [6, 6.07) is 8.29. The summed E-state index contributed by atoms with van der Waals surface area (Å²) in [5.74, 6) is 0.970. The number of ether oxygens (including phenoxy) is 1. The molecule has 1 radical (unpaired) electrons. The van der Waals surface area contributed by atoms with E-state index in [1.165, 1.54) is 10.8 Å². The molecule has 0 aliphatic heterocycles. The molecule has 11 heavy (non-hydrogen) atoms. The average molecular weight is 211 g/mol. The van der Waals surface area contributed by atoms with Crippen molar-refractivity contribution < 1.29 is 4.74 Å². The van der Waals surface area contributed by atoms with Crippen LogP contribution in [0.4, 0.5) is 0 Å². The predicted octanol–water partition coefficient (Wildman–Crippen LogP) is 1.95. The van der Waals surface area contributed by atoms with E-state index in [1.54, 1.807) is 7.11 Å². The molecule has 0 saturated carbocycles. The van der Waals surface area contributed by atoms with Crippen molar-refractivity contribution in [2.75, 3.05) is 7.11 Å². The second-order valence-corrected chi connectivity index (χ2v) is 4.32. The molecule has 1 aromatic rings. The zero-order valence-corrected chi connectivity index (χ0v) is 8.75. The van der Waals surface area contributed by atoms with Crippen molar-refractivity contribution in [2.24, 2.45) is 0 Å². The average Bonchev–Trinajstić information content (AvgIpc) is 2.06. The van der Waals surface area contributed by atoms with Crippen molar-refractivity contribution >= 4 is 15.8 Å². The van der Waals surface area contributed by atoms with Crippen LogP contribution in [-0.4, -0.2) is 22.9 Å². The van der Waals surface area contributed by atoms with Crippen LogP contribution in [0.25, 0.3) is 0 Å². The molecule has 0 aliphatic rings. The van der Waals surface area contributed by atoms with Crippen LogP contribution in [0, 0.1) is 0 Å². The van der Waals surface area contributed by atoms with Crippen molar-refractivity contribution in [3.05, 3.63) is 29.8 Å². The van der Waals surface area contributed by atoms with Crippen LogP contribution in [0.5, 0.6) is 5.75 Å². The van der Waals surface area contributed by atoms with Crippen molar-refractivity contribution in [3.63, 3.8) is 0 Å². The van der Waals surface area contributed by atoms with Gasteiger partial charge in [-0.3, -0.25) is 0 Å². The van der Waals surface area contributed by atoms with Gasteiger partial charge in [0.1, 0.15) is 0 Å². The van der Waals surface area contributed by atoms with E-state index in [9.17, 15) is 0 Å². The summed E-state index contributed by atoms with van der Waals surface area (Å²) in [4.78, 5) is 0. The topological polar surface area (TPSA) is 9.23 Å². The molecule has 0 bridgehead atoms. The number of hydrogen-bond donors (Lipinski definition) is 0. The summed E-state index contributed by atoms with van der Waals surface area (Å²) >= 11 is 0.478. The fourth-order valence-electron chi connectivity index (χ4n) is 0.953. The van der Waals surface area contributed by atoms with E-state index in [2.05, 4.69) is 17.8 Å². The molecule has 0 heterocycles. The first kappa shape index (κ1) is 8.67. The van der Waals surface area contributed by atoms with Gasteiger partial charge in [0.15, 0.2) is 0 Å². The molecular formula is C9H12AsO. The van der Waals surface area contributed by atoms with Gasteiger partial charge in [0.05, 0.1) is 0 Å². The first-order valence-electron chi connectivity index (χ1n) is 3.55. The Balaban J connectivity index is 2.74. The van der Waals surface area contributed by atoms with Crippen molar-refractivity contribution in [1.29, 1.82) is 0 Å². The van der Waals surface area contributed by atoms with E-state index in [-0.39, 0.29) is 0 Å². The summed E-state index contributed by atoms with van der Waals surface area (Å²) in [6.45, 7) is 0. The Hall–Kier alpha value is -0.422. The van der Waals surface area contributed by atoms with Crippen LogP contribution in [0.15, 0.2) is 24.3 Å². The molecule has 1 nitrogen and oxygen atoms in total. The summed E-state index contributed by atoms with van der Waals surface area (Å²) in [6.07, 6.45) is 0. The monoisotopic (exact) mass is 211 g/mol. The fraction of sp³-hybridized carbons (Fsp3) is 0.333. The van der Waals surface area contributed by atoms with Gasteiger partial charge >= 0.3 is 74.1 Å². The van der Waals surface area contributed by atoms with Gasteiger partial charge in [-0.05, 0) is 0 Å². The minimum absolute atomic E-state index is 0.478. The Kier molecular flexibility index (Phi) is 3.51. The fourth-order valence-corrected chi connectivity index (χ4v) is 2.13. The zero-order chi connectivity index (χ0) is 8.10. The molecule has 0 fully saturated rings. The van der Waals surface area contributed by atoms with Gasteiger partial charge in [0.25, 0.3) is 0 Å². The number of benzene rings is 1. The van der Waals surface area contributed by atoms with E-state index in [1.807, 2.05) is 12.1 Å². The third-order valence-electron chi connectivity index (χ3n) is 1.47. The van der Waals surface area contributed by atoms with Gasteiger partial charge < -0.3 is 0 Å². The molecule has 0 aromatic heterocycles. The Labute approximate surface area is 74.5 Å². The third-order valence-corrected chi connectivity index (χ3v) is 2.90. The predicted molar refractivity (Wildman–Crippen MR) is 48.3 cm³/mol. The first-order valence-corrected chi connectivity index (χ1v) is 6.75. The molecule has 0 atom stereocenters. The SMILES string of the molecule is COc1cccc(C[As]C)c1. The van der Waals surface area contributed by atoms with E-state index < -0.39 is 0 Å². The van der Waals surface area contributed by atoms with Crippen LogP contribution in [-0.2, 0) is 5.21 Å². The standard InChI is InChI=1S/C9H12AsO/c1-10-7-8-4-3-5-9(6-8)11-2/h3-6H,7H2,1-2H3. The Morgan fingerprint density at radius 2 is 2.27 bits per heavy atom. The summed E-state index contributed by atoms with van der Waals surface area (Å²) in [5.41, 5.74) is 3.67. The quantitative estimate of drug-likeness (QED) is 0.694. The second-order valence-electron chi connectivity index (χ2n) is 2.33. The van der Waals surface area contributed by atoms with Gasteiger partial charge in [-0.25, -0.2) is 0 Å². The van der Waals surface area contributed by atoms with Gasteiger partial charge in [0.2, 0.25) is 0 Å². The molecule has 0 saturated heterocycles. The zero-order valence-electron chi connectivity index (χ0n) is 6.87. The van der Waals surface area contributed by atoms with Gasteiger partial charge in [-0.1, -0.05) is 0 Å². The Morgan fingerprint density at radius 1 is 1.45 bits per heavy atom. The normalized spacial score (nSPS) is 10.7. The maximum absolute atomic E-state index is 5.11. The third kappa shape index (κ3) is 2.59. The number of rotatable bonds is 3. The van der Waals surface area contributed by atoms with E-state index in [4.69, 9.17) is 4.74 Å². The molecule has 0 aliphatic carbocycles. The van der Waals surface area contributed by atoms with Crippen LogP contribution in [0.3, 0.4) is 0 Å². The summed E-state index contributed by atoms with van der Waals surface area (Å²) in [7, 11) is 1.71. The van der Waals surface area contributed by atoms with E-state index >= 15 is 0 Å².